The van der Waals surface area contributed by atoms with E-state index in [4.69, 9.17) is 16.7 Å². The van der Waals surface area contributed by atoms with Crippen molar-refractivity contribution in [3.05, 3.63) is 41.4 Å². The van der Waals surface area contributed by atoms with Crippen LogP contribution in [0.4, 0.5) is 5.69 Å². The van der Waals surface area contributed by atoms with Gasteiger partial charge in [0.25, 0.3) is 0 Å². The van der Waals surface area contributed by atoms with Crippen LogP contribution in [0.5, 0.6) is 0 Å². The molecule has 6 heteroatoms. The van der Waals surface area contributed by atoms with Gasteiger partial charge in [-0.25, -0.2) is 0 Å². The number of hydrogen-bond donors (Lipinski definition) is 3. The lowest BCUT2D eigenvalue weighted by Crippen LogP contribution is -2.24. The van der Waals surface area contributed by atoms with E-state index in [1.165, 1.54) is 0 Å². The van der Waals surface area contributed by atoms with Gasteiger partial charge in [0.2, 0.25) is 11.8 Å². The van der Waals surface area contributed by atoms with Crippen molar-refractivity contribution in [3.63, 3.8) is 0 Å². The first-order valence-electron chi connectivity index (χ1n) is 5.25. The lowest BCUT2D eigenvalue weighted by Gasteiger charge is -2.01. The highest BCUT2D eigenvalue weighted by molar-refractivity contribution is 6.30. The van der Waals surface area contributed by atoms with Gasteiger partial charge in [0.05, 0.1) is 6.61 Å². The molecule has 0 unspecified atom stereocenters. The number of halogens is 1. The van der Waals surface area contributed by atoms with Crippen LogP contribution in [0.1, 0.15) is 0 Å². The molecular formula is C12H13ClN2O3. The van der Waals surface area contributed by atoms with Crippen molar-refractivity contribution >= 4 is 29.1 Å². The molecule has 0 bridgehead atoms. The number of rotatable bonds is 5. The maximum Gasteiger partial charge on any atom is 0.248 e. The number of aliphatic hydroxyl groups excluding tert-OH is 1. The molecule has 2 amide bonds. The predicted octanol–water partition coefficient (Wildman–Crippen LogP) is 0.943. The van der Waals surface area contributed by atoms with Crippen LogP contribution in [0.2, 0.25) is 5.02 Å². The van der Waals surface area contributed by atoms with Gasteiger partial charge in [0.15, 0.2) is 0 Å². The Labute approximate surface area is 109 Å². The fourth-order valence-corrected chi connectivity index (χ4v) is 1.23. The maximum absolute atomic E-state index is 11.4. The fraction of sp³-hybridized carbons (Fsp3) is 0.167. The van der Waals surface area contributed by atoms with Crippen molar-refractivity contribution in [1.29, 1.82) is 0 Å². The summed E-state index contributed by atoms with van der Waals surface area (Å²) < 4.78 is 0. The Morgan fingerprint density at radius 3 is 2.39 bits per heavy atom. The molecule has 1 rings (SSSR count). The molecule has 5 nitrogen and oxygen atoms in total. The molecule has 0 saturated heterocycles. The van der Waals surface area contributed by atoms with E-state index in [1.807, 2.05) is 0 Å². The molecule has 0 aliphatic carbocycles. The van der Waals surface area contributed by atoms with Crippen molar-refractivity contribution in [2.75, 3.05) is 18.5 Å². The number of aliphatic hydroxyl groups is 1. The molecular weight excluding hydrogens is 256 g/mol. The van der Waals surface area contributed by atoms with Crippen molar-refractivity contribution in [2.24, 2.45) is 0 Å². The molecule has 0 atom stereocenters. The lowest BCUT2D eigenvalue weighted by molar-refractivity contribution is -0.117. The summed E-state index contributed by atoms with van der Waals surface area (Å²) in [6.07, 6.45) is 2.21. The van der Waals surface area contributed by atoms with E-state index in [0.29, 0.717) is 10.7 Å². The number of anilines is 1. The molecule has 0 spiro atoms. The van der Waals surface area contributed by atoms with Crippen molar-refractivity contribution in [3.8, 4) is 0 Å². The molecule has 18 heavy (non-hydrogen) atoms. The average Bonchev–Trinajstić information content (AvgIpc) is 2.36. The summed E-state index contributed by atoms with van der Waals surface area (Å²) in [5.74, 6) is -0.855. The number of amides is 2. The highest BCUT2D eigenvalue weighted by Crippen LogP contribution is 2.13. The summed E-state index contributed by atoms with van der Waals surface area (Å²) >= 11 is 5.70. The Kier molecular flexibility index (Phi) is 5.90. The second-order valence-electron chi connectivity index (χ2n) is 3.34. The highest BCUT2D eigenvalue weighted by Gasteiger charge is 1.99. The van der Waals surface area contributed by atoms with Gasteiger partial charge in [-0.2, -0.15) is 0 Å². The van der Waals surface area contributed by atoms with Crippen molar-refractivity contribution in [2.45, 2.75) is 0 Å². The largest absolute Gasteiger partial charge is 0.395 e. The van der Waals surface area contributed by atoms with Gasteiger partial charge < -0.3 is 15.7 Å². The van der Waals surface area contributed by atoms with Crippen LogP contribution in [0.3, 0.4) is 0 Å². The number of nitrogens with one attached hydrogen (secondary N) is 2. The molecule has 0 aliphatic heterocycles. The average molecular weight is 269 g/mol. The van der Waals surface area contributed by atoms with Gasteiger partial charge in [0, 0.05) is 29.4 Å². The van der Waals surface area contributed by atoms with E-state index in [2.05, 4.69) is 10.6 Å². The van der Waals surface area contributed by atoms with Crippen LogP contribution in [0, 0.1) is 0 Å². The Morgan fingerprint density at radius 1 is 1.17 bits per heavy atom. The Hall–Kier alpha value is -1.85. The zero-order chi connectivity index (χ0) is 13.4. The molecule has 0 fully saturated rings. The molecule has 0 saturated carbocycles. The molecule has 1 aromatic carbocycles. The van der Waals surface area contributed by atoms with Crippen LogP contribution in [0.15, 0.2) is 36.4 Å². The van der Waals surface area contributed by atoms with Gasteiger partial charge in [-0.15, -0.1) is 0 Å². The normalized spacial score (nSPS) is 10.3. The molecule has 0 radical (unpaired) electrons. The monoisotopic (exact) mass is 268 g/mol. The second kappa shape index (κ2) is 7.47. The quantitative estimate of drug-likeness (QED) is 0.696. The van der Waals surface area contributed by atoms with E-state index in [1.54, 1.807) is 24.3 Å². The van der Waals surface area contributed by atoms with Crippen LogP contribution in [-0.2, 0) is 9.59 Å². The third-order valence-corrected chi connectivity index (χ3v) is 2.16. The maximum atomic E-state index is 11.4. The molecule has 0 aliphatic rings. The summed E-state index contributed by atoms with van der Waals surface area (Å²) in [7, 11) is 0. The van der Waals surface area contributed by atoms with Gasteiger partial charge in [0.1, 0.15) is 0 Å². The first-order chi connectivity index (χ1) is 8.61. The molecule has 1 aromatic rings. The standard InChI is InChI=1S/C12H13ClN2O3/c13-9-1-3-10(4-2-9)15-12(18)6-5-11(17)14-7-8-16/h1-6,16H,7-8H2,(H,14,17)(H,15,18)/b6-5-. The third kappa shape index (κ3) is 5.47. The number of carbonyl (C=O) groups is 2. The SMILES string of the molecule is O=C(/C=C\C(=O)Nc1ccc(Cl)cc1)NCCO. The Balaban J connectivity index is 2.44. The summed E-state index contributed by atoms with van der Waals surface area (Å²) in [5, 5.41) is 14.0. The van der Waals surface area contributed by atoms with E-state index in [9.17, 15) is 9.59 Å². The second-order valence-corrected chi connectivity index (χ2v) is 3.78. The highest BCUT2D eigenvalue weighted by atomic mass is 35.5. The molecule has 0 aromatic heterocycles. The number of benzene rings is 1. The fourth-order valence-electron chi connectivity index (χ4n) is 1.11. The smallest absolute Gasteiger partial charge is 0.248 e. The lowest BCUT2D eigenvalue weighted by atomic mass is 10.3. The van der Waals surface area contributed by atoms with Crippen LogP contribution in [0.25, 0.3) is 0 Å². The van der Waals surface area contributed by atoms with E-state index in [-0.39, 0.29) is 13.2 Å². The van der Waals surface area contributed by atoms with E-state index < -0.39 is 11.8 Å². The molecule has 0 heterocycles. The van der Waals surface area contributed by atoms with Gasteiger partial charge in [-0.1, -0.05) is 11.6 Å². The summed E-state index contributed by atoms with van der Waals surface area (Å²) in [4.78, 5) is 22.5. The first kappa shape index (κ1) is 14.2. The molecule has 96 valence electrons. The van der Waals surface area contributed by atoms with Crippen LogP contribution >= 0.6 is 11.6 Å². The first-order valence-corrected chi connectivity index (χ1v) is 5.63. The predicted molar refractivity (Wildman–Crippen MR) is 69.3 cm³/mol. The summed E-state index contributed by atoms with van der Waals surface area (Å²) in [5.41, 5.74) is 0.588. The third-order valence-electron chi connectivity index (χ3n) is 1.91. The van der Waals surface area contributed by atoms with Gasteiger partial charge >= 0.3 is 0 Å². The van der Waals surface area contributed by atoms with E-state index >= 15 is 0 Å². The number of carbonyl (C=O) groups excluding carboxylic acids is 2. The Bertz CT molecular complexity index is 443. The van der Waals surface area contributed by atoms with Crippen molar-refractivity contribution in [1.82, 2.24) is 5.32 Å². The minimum Gasteiger partial charge on any atom is -0.395 e. The van der Waals surface area contributed by atoms with Gasteiger partial charge in [-0.3, -0.25) is 9.59 Å². The minimum atomic E-state index is -0.435. The number of hydrogen-bond acceptors (Lipinski definition) is 3. The van der Waals surface area contributed by atoms with Crippen molar-refractivity contribution < 1.29 is 14.7 Å². The van der Waals surface area contributed by atoms with E-state index in [0.717, 1.165) is 12.2 Å². The summed E-state index contributed by atoms with van der Waals surface area (Å²) in [6.45, 7) is 0.0124. The summed E-state index contributed by atoms with van der Waals surface area (Å²) in [6, 6.07) is 6.60. The van der Waals surface area contributed by atoms with Crippen LogP contribution < -0.4 is 10.6 Å². The minimum absolute atomic E-state index is 0.142. The molecule has 3 N–H and O–H groups in total. The zero-order valence-electron chi connectivity index (χ0n) is 9.52. The zero-order valence-corrected chi connectivity index (χ0v) is 10.3. The Morgan fingerprint density at radius 2 is 1.78 bits per heavy atom. The van der Waals surface area contributed by atoms with Crippen LogP contribution in [-0.4, -0.2) is 30.1 Å². The topological polar surface area (TPSA) is 78.4 Å². The van der Waals surface area contributed by atoms with Gasteiger partial charge in [-0.05, 0) is 24.3 Å².